The van der Waals surface area contributed by atoms with Crippen molar-refractivity contribution in [3.05, 3.63) is 12.7 Å². The number of nitrogens with zero attached hydrogens (tertiary/aromatic N) is 4. The number of hydrogen-bond donors (Lipinski definition) is 4. The smallest absolute Gasteiger partial charge is 0.427 e. The van der Waals surface area contributed by atoms with Gasteiger partial charge in [0.15, 0.2) is 11.5 Å². The number of rotatable bonds is 4. The summed E-state index contributed by atoms with van der Waals surface area (Å²) in [5.74, 6) is 0.289. The largest absolute Gasteiger partial charge is 0.451 e. The van der Waals surface area contributed by atoms with Crippen molar-refractivity contribution in [1.82, 2.24) is 19.5 Å². The molecule has 3 rings (SSSR count). The van der Waals surface area contributed by atoms with Gasteiger partial charge in [-0.25, -0.2) is 15.0 Å². The molecule has 10 heteroatoms. The maximum atomic E-state index is 10.0. The molecule has 5 N–H and O–H groups in total. The molecule has 21 heavy (non-hydrogen) atoms. The van der Waals surface area contributed by atoms with Crippen LogP contribution in [0.25, 0.3) is 11.2 Å². The summed E-state index contributed by atoms with van der Waals surface area (Å²) in [6, 6.07) is 0. The Kier molecular flexibility index (Phi) is 3.76. The number of aliphatic hydroxyl groups excluding tert-OH is 1. The van der Waals surface area contributed by atoms with E-state index >= 15 is 0 Å². The Morgan fingerprint density at radius 3 is 2.95 bits per heavy atom. The molecule has 0 amide bonds. The molecule has 0 radical (unpaired) electrons. The van der Waals surface area contributed by atoms with Gasteiger partial charge >= 0.3 is 7.12 Å². The highest BCUT2D eigenvalue weighted by Gasteiger charge is 2.36. The summed E-state index contributed by atoms with van der Waals surface area (Å²) in [5.41, 5.74) is 6.77. The molecule has 1 aliphatic heterocycles. The van der Waals surface area contributed by atoms with E-state index in [-0.39, 0.29) is 12.1 Å². The fourth-order valence-electron chi connectivity index (χ4n) is 2.54. The maximum absolute atomic E-state index is 10.0. The second-order valence-corrected chi connectivity index (χ2v) is 5.07. The van der Waals surface area contributed by atoms with E-state index in [1.807, 2.05) is 0 Å². The van der Waals surface area contributed by atoms with Crippen LogP contribution in [-0.2, 0) is 4.74 Å². The second-order valence-electron chi connectivity index (χ2n) is 5.07. The van der Waals surface area contributed by atoms with Crippen LogP contribution in [0.4, 0.5) is 5.82 Å². The fraction of sp³-hybridized carbons (Fsp3) is 0.545. The first kappa shape index (κ1) is 14.2. The molecule has 1 aliphatic rings. The minimum Gasteiger partial charge on any atom is -0.427 e. The van der Waals surface area contributed by atoms with E-state index in [1.54, 1.807) is 10.9 Å². The minimum absolute atomic E-state index is 0.147. The van der Waals surface area contributed by atoms with Crippen LogP contribution in [-0.4, -0.2) is 54.0 Å². The van der Waals surface area contributed by atoms with Gasteiger partial charge in [-0.2, -0.15) is 0 Å². The zero-order valence-corrected chi connectivity index (χ0v) is 11.2. The molecule has 9 nitrogen and oxygen atoms in total. The molecule has 112 valence electrons. The highest BCUT2D eigenvalue weighted by atomic mass is 16.5. The minimum atomic E-state index is -1.40. The van der Waals surface area contributed by atoms with Gasteiger partial charge in [-0.3, -0.25) is 4.57 Å². The summed E-state index contributed by atoms with van der Waals surface area (Å²) >= 11 is 0. The third-order valence-electron chi connectivity index (χ3n) is 3.61. The third-order valence-corrected chi connectivity index (χ3v) is 3.61. The Morgan fingerprint density at radius 2 is 2.19 bits per heavy atom. The number of hydrogen-bond acceptors (Lipinski definition) is 8. The third kappa shape index (κ3) is 2.70. The van der Waals surface area contributed by atoms with E-state index in [9.17, 15) is 5.11 Å². The van der Waals surface area contributed by atoms with Crippen LogP contribution in [0.2, 0.25) is 6.32 Å². The topological polar surface area (TPSA) is 140 Å². The van der Waals surface area contributed by atoms with E-state index in [4.69, 9.17) is 20.5 Å². The van der Waals surface area contributed by atoms with Gasteiger partial charge in [-0.15, -0.1) is 0 Å². The second kappa shape index (κ2) is 5.56. The van der Waals surface area contributed by atoms with Crippen molar-refractivity contribution in [2.24, 2.45) is 0 Å². The molecular formula is C11H16BN5O4. The summed E-state index contributed by atoms with van der Waals surface area (Å²) in [7, 11) is -1.40. The average molecular weight is 293 g/mol. The number of imidazole rings is 1. The van der Waals surface area contributed by atoms with Gasteiger partial charge in [0.2, 0.25) is 0 Å². The van der Waals surface area contributed by atoms with Crippen LogP contribution in [0, 0.1) is 0 Å². The van der Waals surface area contributed by atoms with Gasteiger partial charge in [-0.1, -0.05) is 0 Å². The first-order valence-corrected chi connectivity index (χ1v) is 6.69. The molecule has 3 heterocycles. The number of ether oxygens (including phenoxy) is 1. The van der Waals surface area contributed by atoms with E-state index in [2.05, 4.69) is 15.0 Å². The lowest BCUT2D eigenvalue weighted by Crippen LogP contribution is -2.23. The summed E-state index contributed by atoms with van der Waals surface area (Å²) in [4.78, 5) is 12.2. The quantitative estimate of drug-likeness (QED) is 0.522. The molecular weight excluding hydrogens is 277 g/mol. The Morgan fingerprint density at radius 1 is 1.38 bits per heavy atom. The van der Waals surface area contributed by atoms with Crippen molar-refractivity contribution in [2.75, 3.05) is 5.73 Å². The van der Waals surface area contributed by atoms with Crippen molar-refractivity contribution in [3.63, 3.8) is 0 Å². The summed E-state index contributed by atoms with van der Waals surface area (Å²) in [6.07, 6.45) is 2.24. The SMILES string of the molecule is Nc1ncnc2c1ncn2[C@H]1C[C@H](O)[C@@H](CCB(O)O)O1. The van der Waals surface area contributed by atoms with Crippen molar-refractivity contribution >= 4 is 24.1 Å². The van der Waals surface area contributed by atoms with E-state index in [0.717, 1.165) is 0 Å². The number of nitrogens with two attached hydrogens (primary N) is 1. The first-order chi connectivity index (χ1) is 10.1. The maximum Gasteiger partial charge on any atom is 0.451 e. The molecule has 0 aromatic carbocycles. The Bertz CT molecular complexity index is 636. The predicted molar refractivity (Wildman–Crippen MR) is 73.9 cm³/mol. The van der Waals surface area contributed by atoms with Gasteiger partial charge in [0, 0.05) is 6.42 Å². The Hall–Kier alpha value is -1.75. The lowest BCUT2D eigenvalue weighted by atomic mass is 9.82. The predicted octanol–water partition coefficient (Wildman–Crippen LogP) is -1.08. The van der Waals surface area contributed by atoms with Crippen molar-refractivity contribution in [2.45, 2.75) is 37.6 Å². The number of anilines is 1. The van der Waals surface area contributed by atoms with Crippen molar-refractivity contribution in [1.29, 1.82) is 0 Å². The molecule has 0 aliphatic carbocycles. The highest BCUT2D eigenvalue weighted by molar-refractivity contribution is 6.40. The van der Waals surface area contributed by atoms with Gasteiger partial charge in [0.1, 0.15) is 18.1 Å². The standard InChI is InChI=1S/C11H16BN5O4/c13-10-9-11(15-4-14-10)17(5-16-9)8-3-6(18)7(21-8)1-2-12(19)20/h4-8,18-20H,1-3H2,(H2,13,14,15)/t6-,7+,8+/m0/s1. The lowest BCUT2D eigenvalue weighted by Gasteiger charge is -2.15. The van der Waals surface area contributed by atoms with E-state index in [1.165, 1.54) is 6.33 Å². The van der Waals surface area contributed by atoms with Gasteiger partial charge in [0.25, 0.3) is 0 Å². The molecule has 1 fully saturated rings. The van der Waals surface area contributed by atoms with Crippen LogP contribution in [0.15, 0.2) is 12.7 Å². The highest BCUT2D eigenvalue weighted by Crippen LogP contribution is 2.33. The zero-order chi connectivity index (χ0) is 15.0. The van der Waals surface area contributed by atoms with Gasteiger partial charge < -0.3 is 25.6 Å². The van der Waals surface area contributed by atoms with Crippen LogP contribution in [0.3, 0.4) is 0 Å². The van der Waals surface area contributed by atoms with Crippen LogP contribution >= 0.6 is 0 Å². The summed E-state index contributed by atoms with van der Waals surface area (Å²) in [6.45, 7) is 0. The summed E-state index contributed by atoms with van der Waals surface area (Å²) < 4.78 is 7.47. The molecule has 2 aromatic rings. The molecule has 1 saturated heterocycles. The number of aliphatic hydroxyl groups is 1. The lowest BCUT2D eigenvalue weighted by molar-refractivity contribution is -0.0189. The van der Waals surface area contributed by atoms with Gasteiger partial charge in [-0.05, 0) is 12.7 Å². The molecule has 0 bridgehead atoms. The molecule has 0 unspecified atom stereocenters. The van der Waals surface area contributed by atoms with Crippen molar-refractivity contribution in [3.8, 4) is 0 Å². The number of aromatic nitrogens is 4. The molecule has 0 saturated carbocycles. The molecule has 3 atom stereocenters. The molecule has 0 spiro atoms. The van der Waals surface area contributed by atoms with Crippen LogP contribution < -0.4 is 5.73 Å². The normalized spacial score (nSPS) is 25.6. The van der Waals surface area contributed by atoms with Gasteiger partial charge in [0.05, 0.1) is 18.5 Å². The fourth-order valence-corrected chi connectivity index (χ4v) is 2.54. The van der Waals surface area contributed by atoms with Crippen LogP contribution in [0.1, 0.15) is 19.1 Å². The monoisotopic (exact) mass is 293 g/mol. The van der Waals surface area contributed by atoms with E-state index in [0.29, 0.717) is 24.0 Å². The Labute approximate surface area is 120 Å². The Balaban J connectivity index is 1.79. The first-order valence-electron chi connectivity index (χ1n) is 6.69. The average Bonchev–Trinajstić information content (AvgIpc) is 3.01. The van der Waals surface area contributed by atoms with Crippen LogP contribution in [0.5, 0.6) is 0 Å². The number of nitrogen functional groups attached to an aromatic ring is 1. The number of fused-ring (bicyclic) bond motifs is 1. The summed E-state index contributed by atoms with van der Waals surface area (Å²) in [5, 5.41) is 27.8. The van der Waals surface area contributed by atoms with Crippen molar-refractivity contribution < 1.29 is 19.9 Å². The zero-order valence-electron chi connectivity index (χ0n) is 11.2. The molecule has 2 aromatic heterocycles. The van der Waals surface area contributed by atoms with E-state index < -0.39 is 25.6 Å².